The summed E-state index contributed by atoms with van der Waals surface area (Å²) in [6.45, 7) is 3.40. The molecule has 33 heavy (non-hydrogen) atoms. The predicted molar refractivity (Wildman–Crippen MR) is 130 cm³/mol. The van der Waals surface area contributed by atoms with Crippen LogP contribution in [0.1, 0.15) is 35.1 Å². The second-order valence-electron chi connectivity index (χ2n) is 8.91. The number of phenols is 1. The normalized spacial score (nSPS) is 22.5. The van der Waals surface area contributed by atoms with Crippen LogP contribution in [0.5, 0.6) is 5.75 Å². The van der Waals surface area contributed by atoms with E-state index in [0.29, 0.717) is 24.0 Å². The molecule has 0 aromatic heterocycles. The van der Waals surface area contributed by atoms with Crippen LogP contribution in [0, 0.1) is 13.8 Å². The molecule has 0 unspecified atom stereocenters. The Bertz CT molecular complexity index is 1180. The standard InChI is InChI=1S/C25H29BO6S/c1-16-10-18(11-17(2)25(16)28)12-20(19-6-4-3-5-7-19)8-9-22-24-21(14-27)15-33(30,31)23(24)13-26(29)32-22/h3-7,10-12,22-23,27-29H,8-9,13-15H2,1-2H3/b20-12-/t22-,23+/m1/s1. The molecule has 1 fully saturated rings. The number of aromatic hydroxyl groups is 1. The van der Waals surface area contributed by atoms with Gasteiger partial charge in [0.15, 0.2) is 9.84 Å². The Morgan fingerprint density at radius 2 is 1.85 bits per heavy atom. The van der Waals surface area contributed by atoms with Crippen LogP contribution >= 0.6 is 0 Å². The van der Waals surface area contributed by atoms with E-state index in [2.05, 4.69) is 6.08 Å². The third-order valence-electron chi connectivity index (χ3n) is 6.51. The molecular formula is C25H29BO6S. The van der Waals surface area contributed by atoms with Crippen molar-refractivity contribution < 1.29 is 28.3 Å². The van der Waals surface area contributed by atoms with E-state index in [1.807, 2.05) is 56.3 Å². The van der Waals surface area contributed by atoms with Gasteiger partial charge >= 0.3 is 7.12 Å². The average molecular weight is 468 g/mol. The maximum Gasteiger partial charge on any atom is 0.456 e. The molecule has 0 aliphatic carbocycles. The Kier molecular flexibility index (Phi) is 6.82. The summed E-state index contributed by atoms with van der Waals surface area (Å²) >= 11 is 0. The van der Waals surface area contributed by atoms with Crippen LogP contribution in [0.2, 0.25) is 6.32 Å². The summed E-state index contributed by atoms with van der Waals surface area (Å²) in [5.41, 5.74) is 5.73. The molecule has 3 N–H and O–H groups in total. The molecule has 0 bridgehead atoms. The molecule has 2 aliphatic rings. The van der Waals surface area contributed by atoms with Gasteiger partial charge in [0.25, 0.3) is 0 Å². The zero-order valence-corrected chi connectivity index (χ0v) is 19.7. The third kappa shape index (κ3) is 4.94. The quantitative estimate of drug-likeness (QED) is 0.342. The van der Waals surface area contributed by atoms with Crippen LogP contribution in [-0.2, 0) is 14.5 Å². The van der Waals surface area contributed by atoms with E-state index in [0.717, 1.165) is 27.8 Å². The Morgan fingerprint density at radius 3 is 2.48 bits per heavy atom. The van der Waals surface area contributed by atoms with Crippen molar-refractivity contribution in [2.45, 2.75) is 44.4 Å². The molecule has 2 aromatic carbocycles. The van der Waals surface area contributed by atoms with Gasteiger partial charge in [-0.2, -0.15) is 0 Å². The number of fused-ring (bicyclic) bond motifs is 1. The van der Waals surface area contributed by atoms with Gasteiger partial charge in [0, 0.05) is 6.32 Å². The number of hydrogen-bond acceptors (Lipinski definition) is 6. The summed E-state index contributed by atoms with van der Waals surface area (Å²) in [7, 11) is -4.59. The van der Waals surface area contributed by atoms with Crippen LogP contribution in [0.3, 0.4) is 0 Å². The Labute approximate surface area is 195 Å². The van der Waals surface area contributed by atoms with Crippen LogP contribution in [0.4, 0.5) is 0 Å². The molecule has 0 spiro atoms. The molecule has 4 rings (SSSR count). The summed E-state index contributed by atoms with van der Waals surface area (Å²) in [5.74, 6) is 0.110. The first-order chi connectivity index (χ1) is 15.7. The van der Waals surface area contributed by atoms with Crippen molar-refractivity contribution in [2.75, 3.05) is 12.4 Å². The van der Waals surface area contributed by atoms with Crippen LogP contribution < -0.4 is 0 Å². The molecule has 2 aromatic rings. The van der Waals surface area contributed by atoms with Gasteiger partial charge in [0.05, 0.1) is 23.7 Å². The van der Waals surface area contributed by atoms with Crippen molar-refractivity contribution in [2.24, 2.45) is 0 Å². The zero-order chi connectivity index (χ0) is 23.8. The summed E-state index contributed by atoms with van der Waals surface area (Å²) in [6, 6.07) is 13.8. The number of rotatable bonds is 6. The van der Waals surface area contributed by atoms with E-state index >= 15 is 0 Å². The molecule has 0 radical (unpaired) electrons. The molecule has 2 aliphatic heterocycles. The maximum atomic E-state index is 12.6. The van der Waals surface area contributed by atoms with Crippen molar-refractivity contribution in [3.63, 3.8) is 0 Å². The first-order valence-electron chi connectivity index (χ1n) is 11.1. The molecule has 2 heterocycles. The second kappa shape index (κ2) is 9.47. The number of aryl methyl sites for hydroxylation is 2. The molecule has 2 atom stereocenters. The van der Waals surface area contributed by atoms with E-state index in [1.54, 1.807) is 0 Å². The van der Waals surface area contributed by atoms with Gasteiger partial charge < -0.3 is 19.9 Å². The first kappa shape index (κ1) is 23.8. The summed E-state index contributed by atoms with van der Waals surface area (Å²) < 4.78 is 31.0. The number of benzene rings is 2. The number of allylic oxidation sites excluding steroid dienone is 1. The highest BCUT2D eigenvalue weighted by atomic mass is 32.2. The second-order valence-corrected chi connectivity index (χ2v) is 11.1. The number of sulfone groups is 1. The summed E-state index contributed by atoms with van der Waals surface area (Å²) in [4.78, 5) is 0. The largest absolute Gasteiger partial charge is 0.507 e. The lowest BCUT2D eigenvalue weighted by Gasteiger charge is -2.32. The third-order valence-corrected chi connectivity index (χ3v) is 8.58. The lowest BCUT2D eigenvalue weighted by molar-refractivity contribution is 0.169. The molecule has 0 saturated carbocycles. The summed E-state index contributed by atoms with van der Waals surface area (Å²) in [6.07, 6.45) is 2.55. The van der Waals surface area contributed by atoms with E-state index in [4.69, 9.17) is 4.65 Å². The van der Waals surface area contributed by atoms with Crippen molar-refractivity contribution in [3.8, 4) is 5.75 Å². The molecule has 0 amide bonds. The van der Waals surface area contributed by atoms with E-state index in [1.165, 1.54) is 0 Å². The first-order valence-corrected chi connectivity index (χ1v) is 12.8. The zero-order valence-electron chi connectivity index (χ0n) is 18.9. The number of phenolic OH excluding ortho intramolecular Hbond substituents is 1. The molecule has 6 nitrogen and oxygen atoms in total. The van der Waals surface area contributed by atoms with Gasteiger partial charge in [-0.15, -0.1) is 0 Å². The van der Waals surface area contributed by atoms with E-state index < -0.39 is 28.3 Å². The molecule has 8 heteroatoms. The lowest BCUT2D eigenvalue weighted by Crippen LogP contribution is -2.42. The van der Waals surface area contributed by atoms with Crippen molar-refractivity contribution >= 4 is 28.6 Å². The predicted octanol–water partition coefficient (Wildman–Crippen LogP) is 3.30. The van der Waals surface area contributed by atoms with Crippen molar-refractivity contribution in [1.29, 1.82) is 0 Å². The highest BCUT2D eigenvalue weighted by molar-refractivity contribution is 7.92. The van der Waals surface area contributed by atoms with Gasteiger partial charge in [-0.25, -0.2) is 8.42 Å². The highest BCUT2D eigenvalue weighted by Crippen LogP contribution is 2.40. The fraction of sp³-hybridized carbons (Fsp3) is 0.360. The Hall–Kier alpha value is -2.39. The Balaban J connectivity index is 1.66. The van der Waals surface area contributed by atoms with Gasteiger partial charge in [-0.3, -0.25) is 0 Å². The number of hydrogen-bond donors (Lipinski definition) is 3. The maximum absolute atomic E-state index is 12.6. The monoisotopic (exact) mass is 468 g/mol. The highest BCUT2D eigenvalue weighted by Gasteiger charge is 2.48. The average Bonchev–Trinajstić information content (AvgIpc) is 3.05. The van der Waals surface area contributed by atoms with Crippen LogP contribution in [0.15, 0.2) is 53.6 Å². The minimum absolute atomic E-state index is 0.00507. The van der Waals surface area contributed by atoms with Crippen molar-refractivity contribution in [3.05, 3.63) is 75.9 Å². The summed E-state index contributed by atoms with van der Waals surface area (Å²) in [5, 5.41) is 29.3. The SMILES string of the molecule is Cc1cc(/C=C(/CC[C@H]2OB(O)C[C@H]3C2=C(CO)CS3(=O)=O)c2ccccc2)cc(C)c1O. The minimum Gasteiger partial charge on any atom is -0.507 e. The number of aliphatic hydroxyl groups is 1. The fourth-order valence-electron chi connectivity index (χ4n) is 4.93. The molecule has 174 valence electrons. The van der Waals surface area contributed by atoms with E-state index in [9.17, 15) is 23.7 Å². The van der Waals surface area contributed by atoms with Crippen LogP contribution in [0.25, 0.3) is 11.6 Å². The van der Waals surface area contributed by atoms with E-state index in [-0.39, 0.29) is 24.4 Å². The van der Waals surface area contributed by atoms with Gasteiger partial charge in [-0.1, -0.05) is 36.4 Å². The molecule has 1 saturated heterocycles. The minimum atomic E-state index is -3.44. The van der Waals surface area contributed by atoms with Crippen LogP contribution in [-0.4, -0.2) is 54.5 Å². The van der Waals surface area contributed by atoms with Gasteiger partial charge in [0.1, 0.15) is 5.75 Å². The molecular weight excluding hydrogens is 439 g/mol. The lowest BCUT2D eigenvalue weighted by atomic mass is 9.74. The number of aliphatic hydroxyl groups excluding tert-OH is 1. The fourth-order valence-corrected chi connectivity index (χ4v) is 7.04. The van der Waals surface area contributed by atoms with Gasteiger partial charge in [0.2, 0.25) is 0 Å². The Morgan fingerprint density at radius 1 is 1.18 bits per heavy atom. The van der Waals surface area contributed by atoms with Gasteiger partial charge in [-0.05, 0) is 77.8 Å². The smallest absolute Gasteiger partial charge is 0.456 e. The van der Waals surface area contributed by atoms with Crippen molar-refractivity contribution in [1.82, 2.24) is 0 Å². The topological polar surface area (TPSA) is 104 Å².